The summed E-state index contributed by atoms with van der Waals surface area (Å²) in [6.07, 6.45) is 0.779. The predicted octanol–water partition coefficient (Wildman–Crippen LogP) is 4.35. The third kappa shape index (κ3) is 5.03. The monoisotopic (exact) mass is 373 g/mol. The van der Waals surface area contributed by atoms with E-state index in [1.165, 1.54) is 24.3 Å². The molecule has 0 bridgehead atoms. The zero-order valence-corrected chi connectivity index (χ0v) is 15.3. The Morgan fingerprint density at radius 3 is 2.56 bits per heavy atom. The van der Waals surface area contributed by atoms with Crippen LogP contribution in [-0.4, -0.2) is 25.1 Å². The van der Waals surface area contributed by atoms with Crippen LogP contribution in [0.1, 0.15) is 37.0 Å². The fourth-order valence-electron chi connectivity index (χ4n) is 3.04. The zero-order chi connectivity index (χ0) is 19.4. The van der Waals surface area contributed by atoms with E-state index in [1.807, 2.05) is 13.8 Å². The van der Waals surface area contributed by atoms with E-state index >= 15 is 0 Å². The lowest BCUT2D eigenvalue weighted by Gasteiger charge is -2.17. The molecule has 0 aliphatic carbocycles. The first-order valence-electron chi connectivity index (χ1n) is 8.78. The van der Waals surface area contributed by atoms with E-state index in [0.29, 0.717) is 25.0 Å². The highest BCUT2D eigenvalue weighted by molar-refractivity contribution is 5.50. The maximum Gasteiger partial charge on any atom is 0.163 e. The van der Waals surface area contributed by atoms with Crippen molar-refractivity contribution in [2.75, 3.05) is 13.2 Å². The number of ether oxygens (including phenoxy) is 3. The van der Waals surface area contributed by atoms with Crippen LogP contribution < -0.4 is 4.74 Å². The summed E-state index contributed by atoms with van der Waals surface area (Å²) in [7, 11) is 0. The zero-order valence-electron chi connectivity index (χ0n) is 15.3. The summed E-state index contributed by atoms with van der Waals surface area (Å²) >= 11 is 0. The molecule has 27 heavy (non-hydrogen) atoms. The number of rotatable bonds is 6. The minimum Gasteiger partial charge on any atom is -0.492 e. The van der Waals surface area contributed by atoms with Gasteiger partial charge in [-0.05, 0) is 49.6 Å². The fourth-order valence-corrected chi connectivity index (χ4v) is 3.04. The van der Waals surface area contributed by atoms with Crippen LogP contribution in [0.3, 0.4) is 0 Å². The molecule has 2 aromatic carbocycles. The Balaban J connectivity index is 1.70. The lowest BCUT2D eigenvalue weighted by Crippen LogP contribution is -2.22. The predicted molar refractivity (Wildman–Crippen MR) is 95.3 cm³/mol. The molecule has 1 aliphatic rings. The molecule has 142 valence electrons. The highest BCUT2D eigenvalue weighted by Gasteiger charge is 2.32. The van der Waals surface area contributed by atoms with Gasteiger partial charge >= 0.3 is 0 Å². The second-order valence-electron chi connectivity index (χ2n) is 6.94. The maximum absolute atomic E-state index is 14.0. The van der Waals surface area contributed by atoms with Crippen molar-refractivity contribution < 1.29 is 23.0 Å². The quantitative estimate of drug-likeness (QED) is 0.756. The fraction of sp³-hybridized carbons (Fsp3) is 0.381. The van der Waals surface area contributed by atoms with Gasteiger partial charge in [0.15, 0.2) is 5.79 Å². The average Bonchev–Trinajstić information content (AvgIpc) is 2.96. The first-order chi connectivity index (χ1) is 12.9. The molecule has 0 amide bonds. The Hall–Kier alpha value is -2.49. The number of benzene rings is 2. The largest absolute Gasteiger partial charge is 0.492 e. The van der Waals surface area contributed by atoms with Gasteiger partial charge in [-0.15, -0.1) is 0 Å². The third-order valence-corrected chi connectivity index (χ3v) is 4.33. The molecule has 3 rings (SSSR count). The van der Waals surface area contributed by atoms with Crippen molar-refractivity contribution in [3.8, 4) is 11.8 Å². The molecule has 0 spiro atoms. The van der Waals surface area contributed by atoms with Gasteiger partial charge in [-0.2, -0.15) is 5.26 Å². The van der Waals surface area contributed by atoms with Crippen LogP contribution in [0.2, 0.25) is 0 Å². The normalized spacial score (nSPS) is 18.3. The average molecular weight is 373 g/mol. The van der Waals surface area contributed by atoms with E-state index in [0.717, 1.165) is 5.56 Å². The molecule has 0 aromatic heterocycles. The smallest absolute Gasteiger partial charge is 0.163 e. The summed E-state index contributed by atoms with van der Waals surface area (Å²) in [6.45, 7) is 4.44. The first kappa shape index (κ1) is 19.3. The van der Waals surface area contributed by atoms with Crippen molar-refractivity contribution in [1.29, 1.82) is 5.26 Å². The van der Waals surface area contributed by atoms with Crippen LogP contribution in [-0.2, 0) is 15.9 Å². The second kappa shape index (κ2) is 8.03. The maximum atomic E-state index is 14.0. The number of nitrogens with zero attached hydrogens (tertiary/aromatic N) is 1. The molecule has 0 unspecified atom stereocenters. The van der Waals surface area contributed by atoms with Gasteiger partial charge in [-0.25, -0.2) is 8.78 Å². The molecule has 0 radical (unpaired) electrons. The topological polar surface area (TPSA) is 51.5 Å². The molecule has 1 atom stereocenters. The first-order valence-corrected chi connectivity index (χ1v) is 8.78. The van der Waals surface area contributed by atoms with Crippen LogP contribution in [0.4, 0.5) is 8.78 Å². The molecule has 0 saturated carbocycles. The summed E-state index contributed by atoms with van der Waals surface area (Å²) in [4.78, 5) is 0. The van der Waals surface area contributed by atoms with Gasteiger partial charge in [0.1, 0.15) is 23.5 Å². The Morgan fingerprint density at radius 1 is 1.19 bits per heavy atom. The molecule has 6 heteroatoms. The number of nitriles is 1. The van der Waals surface area contributed by atoms with Crippen LogP contribution in [0.5, 0.6) is 5.75 Å². The van der Waals surface area contributed by atoms with Crippen molar-refractivity contribution in [3.63, 3.8) is 0 Å². The molecule has 1 saturated heterocycles. The molecular formula is C21H21F2NO3. The van der Waals surface area contributed by atoms with Crippen molar-refractivity contribution >= 4 is 0 Å². The van der Waals surface area contributed by atoms with Gasteiger partial charge in [-0.3, -0.25) is 0 Å². The molecular weight excluding hydrogens is 352 g/mol. The van der Waals surface area contributed by atoms with Crippen molar-refractivity contribution in [2.24, 2.45) is 0 Å². The van der Waals surface area contributed by atoms with Gasteiger partial charge in [0.05, 0.1) is 24.9 Å². The van der Waals surface area contributed by atoms with Gasteiger partial charge in [-0.1, -0.05) is 12.1 Å². The van der Waals surface area contributed by atoms with Gasteiger partial charge in [0, 0.05) is 12.5 Å². The molecule has 1 aliphatic heterocycles. The van der Waals surface area contributed by atoms with E-state index in [9.17, 15) is 14.0 Å². The van der Waals surface area contributed by atoms with E-state index in [4.69, 9.17) is 14.2 Å². The summed E-state index contributed by atoms with van der Waals surface area (Å²) in [5.41, 5.74) is 1.56. The van der Waals surface area contributed by atoms with E-state index in [1.54, 1.807) is 12.1 Å². The lowest BCUT2D eigenvalue weighted by molar-refractivity contribution is -0.139. The number of hydrogen-bond donors (Lipinski definition) is 0. The van der Waals surface area contributed by atoms with Crippen molar-refractivity contribution in [2.45, 2.75) is 38.6 Å². The third-order valence-electron chi connectivity index (χ3n) is 4.33. The highest BCUT2D eigenvalue weighted by atomic mass is 19.1. The van der Waals surface area contributed by atoms with Crippen LogP contribution in [0.15, 0.2) is 36.4 Å². The summed E-state index contributed by atoms with van der Waals surface area (Å²) in [6, 6.07) is 10.5. The highest BCUT2D eigenvalue weighted by Crippen LogP contribution is 2.28. The Kier molecular flexibility index (Phi) is 5.73. The van der Waals surface area contributed by atoms with E-state index in [-0.39, 0.29) is 29.8 Å². The molecule has 0 N–H and O–H groups in total. The SMILES string of the molecule is CC1(C)OC[C@@H](CCOc2cc(F)cc(Cc3ccc(F)cc3)c2C#N)O1. The molecule has 4 nitrogen and oxygen atoms in total. The van der Waals surface area contributed by atoms with Crippen molar-refractivity contribution in [3.05, 3.63) is 64.7 Å². The van der Waals surface area contributed by atoms with Gasteiger partial charge in [0.25, 0.3) is 0 Å². The van der Waals surface area contributed by atoms with Crippen molar-refractivity contribution in [1.82, 2.24) is 0 Å². The minimum atomic E-state index is -0.607. The van der Waals surface area contributed by atoms with E-state index in [2.05, 4.69) is 6.07 Å². The Bertz CT molecular complexity index is 844. The van der Waals surface area contributed by atoms with Gasteiger partial charge < -0.3 is 14.2 Å². The number of halogens is 2. The summed E-state index contributed by atoms with van der Waals surface area (Å²) in [5, 5.41) is 9.53. The van der Waals surface area contributed by atoms with E-state index < -0.39 is 11.6 Å². The Morgan fingerprint density at radius 2 is 1.93 bits per heavy atom. The van der Waals surface area contributed by atoms with Crippen LogP contribution >= 0.6 is 0 Å². The summed E-state index contributed by atoms with van der Waals surface area (Å²) in [5.74, 6) is -1.23. The lowest BCUT2D eigenvalue weighted by atomic mass is 9.99. The molecule has 1 heterocycles. The Labute approximate surface area is 157 Å². The minimum absolute atomic E-state index is 0.0993. The van der Waals surface area contributed by atoms with Crippen LogP contribution in [0, 0.1) is 23.0 Å². The molecule has 1 fully saturated rings. The second-order valence-corrected chi connectivity index (χ2v) is 6.94. The number of hydrogen-bond acceptors (Lipinski definition) is 4. The molecule has 2 aromatic rings. The standard InChI is InChI=1S/C21H21F2NO3/c1-21(2)26-13-18(27-21)7-8-25-20-11-17(23)10-15(19(20)12-24)9-14-3-5-16(22)6-4-14/h3-6,10-11,18H,7-9,13H2,1-2H3/t18-/m1/s1. The summed E-state index contributed by atoms with van der Waals surface area (Å²) < 4.78 is 44.0. The van der Waals surface area contributed by atoms with Crippen LogP contribution in [0.25, 0.3) is 0 Å². The van der Waals surface area contributed by atoms with Gasteiger partial charge in [0.2, 0.25) is 0 Å².